The van der Waals surface area contributed by atoms with Crippen LogP contribution in [0.3, 0.4) is 0 Å². The monoisotopic (exact) mass is 792 g/mol. The van der Waals surface area contributed by atoms with Gasteiger partial charge in [-0.15, -0.1) is 0 Å². The first-order valence-corrected chi connectivity index (χ1v) is 17.8. The predicted octanol–water partition coefficient (Wildman–Crippen LogP) is 3.16. The predicted molar refractivity (Wildman–Crippen MR) is 195 cm³/mol. The number of likely N-dealkylation sites (tertiary alicyclic amines) is 2. The van der Waals surface area contributed by atoms with E-state index in [1.54, 1.807) is 18.2 Å². The molecular formula is C38H34Cl2N4O11. The number of aliphatic carboxylic acids is 2. The van der Waals surface area contributed by atoms with Gasteiger partial charge in [0.05, 0.1) is 32.5 Å². The van der Waals surface area contributed by atoms with Crippen LogP contribution in [0.5, 0.6) is 0 Å². The van der Waals surface area contributed by atoms with E-state index < -0.39 is 64.8 Å². The van der Waals surface area contributed by atoms with E-state index in [9.17, 15) is 38.4 Å². The number of amides is 6. The molecule has 0 aromatic heterocycles. The molecule has 0 saturated carbocycles. The van der Waals surface area contributed by atoms with Gasteiger partial charge in [0.15, 0.2) is 10.8 Å². The third-order valence-electron chi connectivity index (χ3n) is 10.1. The summed E-state index contributed by atoms with van der Waals surface area (Å²) in [7, 11) is 1.44. The number of carbonyl (C=O) groups is 8. The average Bonchev–Trinajstić information content (AvgIpc) is 3.72. The van der Waals surface area contributed by atoms with Crippen molar-refractivity contribution in [3.63, 3.8) is 0 Å². The zero-order valence-corrected chi connectivity index (χ0v) is 30.8. The highest BCUT2D eigenvalue weighted by Gasteiger charge is 2.65. The van der Waals surface area contributed by atoms with Gasteiger partial charge in [-0.25, -0.2) is 0 Å². The number of methoxy groups -OCH3 is 1. The average molecular weight is 794 g/mol. The number of halogens is 2. The van der Waals surface area contributed by atoms with E-state index in [0.29, 0.717) is 21.3 Å². The fraction of sp³-hybridized carbons (Fsp3) is 0.316. The molecule has 3 aromatic rings. The number of hydrogen-bond donors (Lipinski definition) is 2. The summed E-state index contributed by atoms with van der Waals surface area (Å²) in [5.41, 5.74) is -1.15. The molecule has 0 radical (unpaired) electrons. The highest BCUT2D eigenvalue weighted by atomic mass is 35.5. The second-order valence-electron chi connectivity index (χ2n) is 13.3. The first-order valence-electron chi connectivity index (χ1n) is 17.1. The van der Waals surface area contributed by atoms with E-state index >= 15 is 0 Å². The number of fused-ring (bicyclic) bond motifs is 4. The number of carboxylic acids is 2. The molecule has 6 amide bonds. The van der Waals surface area contributed by atoms with Crippen molar-refractivity contribution in [1.29, 1.82) is 0 Å². The highest BCUT2D eigenvalue weighted by molar-refractivity contribution is 6.34. The van der Waals surface area contributed by atoms with Crippen LogP contribution in [-0.2, 0) is 60.5 Å². The fourth-order valence-electron chi connectivity index (χ4n) is 7.56. The van der Waals surface area contributed by atoms with Crippen LogP contribution >= 0.6 is 23.2 Å². The van der Waals surface area contributed by atoms with Crippen LogP contribution in [0.1, 0.15) is 42.4 Å². The van der Waals surface area contributed by atoms with Crippen molar-refractivity contribution < 1.29 is 53.3 Å². The van der Waals surface area contributed by atoms with Gasteiger partial charge in [0.1, 0.15) is 6.54 Å². The number of benzene rings is 3. The normalized spacial score (nSPS) is 21.2. The second-order valence-corrected chi connectivity index (χ2v) is 14.2. The minimum atomic E-state index is -1.75. The van der Waals surface area contributed by atoms with Gasteiger partial charge >= 0.3 is 11.9 Å². The summed E-state index contributed by atoms with van der Waals surface area (Å²) in [5.74, 6) is -5.56. The molecule has 2 atom stereocenters. The van der Waals surface area contributed by atoms with E-state index in [2.05, 4.69) is 0 Å². The molecule has 4 heterocycles. The Morgan fingerprint density at radius 2 is 1.18 bits per heavy atom. The fourth-order valence-corrected chi connectivity index (χ4v) is 7.90. The van der Waals surface area contributed by atoms with Crippen LogP contribution in [0.2, 0.25) is 10.0 Å². The third kappa shape index (κ3) is 6.72. The van der Waals surface area contributed by atoms with Crippen molar-refractivity contribution in [2.75, 3.05) is 43.2 Å². The Hall–Kier alpha value is -5.64. The molecule has 55 heavy (non-hydrogen) atoms. The zero-order valence-electron chi connectivity index (χ0n) is 29.3. The molecule has 15 nitrogen and oxygen atoms in total. The molecule has 0 bridgehead atoms. The minimum Gasteiger partial charge on any atom is -0.481 e. The Bertz CT molecular complexity index is 2150. The first kappa shape index (κ1) is 39.1. The van der Waals surface area contributed by atoms with Crippen molar-refractivity contribution in [2.45, 2.75) is 43.1 Å². The molecule has 2 fully saturated rings. The standard InChI is InChI=1S/C22H19ClN2O5.C16H15ClN2O6/c23-15-8-9-17-16(11-15)22(20(29)24(17)10-4-7-19(27)28)12-18(26)25(21(22)30)13-14-5-2-1-3-6-14;1-25-5-4-18-12(20)7-16(14(18)23)10-6-9(17)2-3-11(10)19(15(16)24)8-13(21)22/h1-3,5-6,8-9,11H,4,7,10,12-13H2,(H,27,28);2-3,6H,4-5,7-8H2,1H3,(H,21,22). The van der Waals surface area contributed by atoms with E-state index in [1.165, 1.54) is 30.2 Å². The van der Waals surface area contributed by atoms with Crippen LogP contribution in [0, 0.1) is 0 Å². The number of nitrogens with zero attached hydrogens (tertiary/aromatic N) is 4. The minimum absolute atomic E-state index is 0.0258. The number of ether oxygens (including phenoxy) is 1. The van der Waals surface area contributed by atoms with Gasteiger partial charge in [0, 0.05) is 52.6 Å². The molecule has 2 N–H and O–H groups in total. The van der Waals surface area contributed by atoms with Gasteiger partial charge in [0.2, 0.25) is 35.4 Å². The summed E-state index contributed by atoms with van der Waals surface area (Å²) < 4.78 is 4.90. The van der Waals surface area contributed by atoms with Gasteiger partial charge in [-0.3, -0.25) is 53.1 Å². The van der Waals surface area contributed by atoms with Crippen molar-refractivity contribution in [3.8, 4) is 0 Å². The topological polar surface area (TPSA) is 199 Å². The van der Waals surface area contributed by atoms with Crippen LogP contribution in [0.15, 0.2) is 66.7 Å². The first-order chi connectivity index (χ1) is 26.2. The van der Waals surface area contributed by atoms with Gasteiger partial charge in [-0.2, -0.15) is 0 Å². The Balaban J connectivity index is 0.000000190. The number of imide groups is 2. The van der Waals surface area contributed by atoms with Gasteiger partial charge in [-0.1, -0.05) is 53.5 Å². The van der Waals surface area contributed by atoms with Crippen molar-refractivity contribution in [2.24, 2.45) is 0 Å². The SMILES string of the molecule is COCCN1C(=O)CC2(C1=O)C(=O)N(CC(=O)O)c1ccc(Cl)cc12.O=C(O)CCCN1C(=O)C2(CC(=O)N(Cc3ccccc3)C2=O)c2cc(Cl)ccc21. The quantitative estimate of drug-likeness (QED) is 0.214. The summed E-state index contributed by atoms with van der Waals surface area (Å²) in [4.78, 5) is 105. The Labute approximate surface area is 323 Å². The van der Waals surface area contributed by atoms with Crippen molar-refractivity contribution >= 4 is 82.0 Å². The molecule has 0 aliphatic carbocycles. The maximum Gasteiger partial charge on any atom is 0.323 e. The van der Waals surface area contributed by atoms with E-state index in [4.69, 9.17) is 38.2 Å². The molecule has 286 valence electrons. The van der Waals surface area contributed by atoms with Gasteiger partial charge in [0.25, 0.3) is 0 Å². The molecule has 2 spiro atoms. The van der Waals surface area contributed by atoms with Crippen LogP contribution in [0.25, 0.3) is 0 Å². The number of hydrogen-bond acceptors (Lipinski definition) is 9. The van der Waals surface area contributed by atoms with Gasteiger partial charge in [-0.05, 0) is 48.4 Å². The third-order valence-corrected chi connectivity index (χ3v) is 10.5. The van der Waals surface area contributed by atoms with E-state index in [-0.39, 0.29) is 63.2 Å². The molecule has 4 aliphatic rings. The summed E-state index contributed by atoms with van der Waals surface area (Å²) in [5, 5.41) is 18.7. The summed E-state index contributed by atoms with van der Waals surface area (Å²) >= 11 is 12.2. The molecular weight excluding hydrogens is 759 g/mol. The van der Waals surface area contributed by atoms with Gasteiger partial charge < -0.3 is 19.8 Å². The van der Waals surface area contributed by atoms with Crippen LogP contribution in [-0.4, -0.2) is 101 Å². The van der Waals surface area contributed by atoms with Crippen molar-refractivity contribution in [1.82, 2.24) is 9.80 Å². The maximum atomic E-state index is 13.5. The van der Waals surface area contributed by atoms with E-state index in [0.717, 1.165) is 20.3 Å². The summed E-state index contributed by atoms with van der Waals surface area (Å²) in [6, 6.07) is 18.3. The van der Waals surface area contributed by atoms with Crippen LogP contribution < -0.4 is 9.80 Å². The molecule has 2 unspecified atom stereocenters. The number of anilines is 2. The van der Waals surface area contributed by atoms with Crippen LogP contribution in [0.4, 0.5) is 11.4 Å². The lowest BCUT2D eigenvalue weighted by Gasteiger charge is -2.22. The molecule has 7 rings (SSSR count). The molecule has 2 saturated heterocycles. The lowest BCUT2D eigenvalue weighted by atomic mass is 9.80. The number of carbonyl (C=O) groups excluding carboxylic acids is 6. The van der Waals surface area contributed by atoms with Crippen molar-refractivity contribution in [3.05, 3.63) is 93.5 Å². The summed E-state index contributed by atoms with van der Waals surface area (Å²) in [6.45, 7) is -0.208. The Morgan fingerprint density at radius 3 is 1.73 bits per heavy atom. The Kier molecular flexibility index (Phi) is 10.8. The maximum absolute atomic E-state index is 13.5. The Morgan fingerprint density at radius 1 is 0.673 bits per heavy atom. The lowest BCUT2D eigenvalue weighted by Crippen LogP contribution is -2.48. The zero-order chi connectivity index (χ0) is 39.8. The highest BCUT2D eigenvalue weighted by Crippen LogP contribution is 2.51. The number of carboxylic acid groups (broad SMARTS) is 2. The molecule has 17 heteroatoms. The molecule has 4 aliphatic heterocycles. The molecule has 3 aromatic carbocycles. The lowest BCUT2D eigenvalue weighted by molar-refractivity contribution is -0.144. The smallest absolute Gasteiger partial charge is 0.323 e. The number of rotatable bonds is 11. The summed E-state index contributed by atoms with van der Waals surface area (Å²) in [6.07, 6.45) is -0.486. The second kappa shape index (κ2) is 15.2. The largest absolute Gasteiger partial charge is 0.481 e. The van der Waals surface area contributed by atoms with E-state index in [1.807, 2.05) is 30.3 Å².